The molecule has 1 aliphatic rings. The second-order valence-corrected chi connectivity index (χ2v) is 7.89. The van der Waals surface area contributed by atoms with Crippen molar-refractivity contribution in [3.05, 3.63) is 52.9 Å². The molecule has 0 unspecified atom stereocenters. The van der Waals surface area contributed by atoms with Crippen molar-refractivity contribution in [2.75, 3.05) is 6.61 Å². The Balaban J connectivity index is 1.69. The van der Waals surface area contributed by atoms with E-state index in [9.17, 15) is 35.1 Å². The smallest absolute Gasteiger partial charge is 0.223 e. The van der Waals surface area contributed by atoms with Gasteiger partial charge in [-0.05, 0) is 17.7 Å². The van der Waals surface area contributed by atoms with Gasteiger partial charge in [-0.15, -0.1) is 0 Å². The number of rotatable bonds is 5. The summed E-state index contributed by atoms with van der Waals surface area (Å²) in [6.45, 7) is 0.583. The third-order valence-electron chi connectivity index (χ3n) is 5.51. The summed E-state index contributed by atoms with van der Waals surface area (Å²) in [5, 5.41) is 52.3. The summed E-state index contributed by atoms with van der Waals surface area (Å²) in [5.74, 6) is -0.966. The number of phenols is 2. The maximum absolute atomic E-state index is 13.0. The number of hydrogen-bond acceptors (Lipinski definition) is 10. The Morgan fingerprint density at radius 3 is 2.47 bits per heavy atom. The Labute approximate surface area is 192 Å². The maximum atomic E-state index is 13.0. The van der Waals surface area contributed by atoms with Crippen molar-refractivity contribution in [1.29, 1.82) is 0 Å². The highest BCUT2D eigenvalue weighted by Gasteiger charge is 2.46. The summed E-state index contributed by atoms with van der Waals surface area (Å²) in [7, 11) is 0. The fourth-order valence-corrected chi connectivity index (χ4v) is 3.82. The van der Waals surface area contributed by atoms with Crippen LogP contribution in [0.3, 0.4) is 0 Å². The second kappa shape index (κ2) is 9.31. The summed E-state index contributed by atoms with van der Waals surface area (Å²) >= 11 is 0. The van der Waals surface area contributed by atoms with E-state index >= 15 is 0 Å². The summed E-state index contributed by atoms with van der Waals surface area (Å²) < 4.78 is 16.8. The number of hydrogen-bond donors (Lipinski definition) is 6. The van der Waals surface area contributed by atoms with E-state index in [1.165, 1.54) is 43.5 Å². The number of fused-ring (bicyclic) bond motifs is 1. The van der Waals surface area contributed by atoms with Gasteiger partial charge in [0.15, 0.2) is 0 Å². The molecule has 5 atom stereocenters. The number of carbonyl (C=O) groups is 1. The van der Waals surface area contributed by atoms with E-state index < -0.39 is 54.3 Å². The van der Waals surface area contributed by atoms with Crippen LogP contribution in [0.2, 0.25) is 0 Å². The standard InChI is InChI=1S/C23H23NO10/c1-10(26)24-19-22(31)21(30)17(8-25)34-23(19)33-13-6-15(28)18-16(7-13)32-9-14(20(18)29)11-2-4-12(27)5-3-11/h2-7,9,17,19,21-23,25,27-28,30-31H,8H2,1H3,(H,24,26)/t17-,19-,21-,22-,23-/m1/s1. The van der Waals surface area contributed by atoms with Crippen LogP contribution in [0.4, 0.5) is 0 Å². The fraction of sp³-hybridized carbons (Fsp3) is 0.304. The fourth-order valence-electron chi connectivity index (χ4n) is 3.82. The lowest BCUT2D eigenvalue weighted by Gasteiger charge is -2.42. The molecule has 0 radical (unpaired) electrons. The molecule has 0 saturated carbocycles. The molecular weight excluding hydrogens is 450 g/mol. The Morgan fingerprint density at radius 1 is 1.12 bits per heavy atom. The van der Waals surface area contributed by atoms with Crippen LogP contribution in [0.5, 0.6) is 17.2 Å². The second-order valence-electron chi connectivity index (χ2n) is 7.89. The van der Waals surface area contributed by atoms with Gasteiger partial charge in [-0.2, -0.15) is 0 Å². The molecule has 6 N–H and O–H groups in total. The van der Waals surface area contributed by atoms with Crippen molar-refractivity contribution < 1.29 is 44.2 Å². The van der Waals surface area contributed by atoms with Crippen molar-refractivity contribution >= 4 is 16.9 Å². The Bertz CT molecular complexity index is 1260. The normalized spacial score (nSPS) is 24.6. The van der Waals surface area contributed by atoms with Gasteiger partial charge < -0.3 is 44.7 Å². The van der Waals surface area contributed by atoms with Gasteiger partial charge in [0.05, 0.1) is 12.2 Å². The Hall–Kier alpha value is -3.64. The number of benzene rings is 2. The van der Waals surface area contributed by atoms with Crippen LogP contribution in [-0.4, -0.2) is 68.7 Å². The Morgan fingerprint density at radius 2 is 1.82 bits per heavy atom. The number of amides is 1. The number of ether oxygens (including phenoxy) is 2. The van der Waals surface area contributed by atoms with Crippen LogP contribution in [0, 0.1) is 0 Å². The lowest BCUT2D eigenvalue weighted by atomic mass is 9.97. The monoisotopic (exact) mass is 473 g/mol. The molecule has 0 spiro atoms. The van der Waals surface area contributed by atoms with Crippen molar-refractivity contribution in [2.45, 2.75) is 37.6 Å². The number of nitrogens with one attached hydrogen (secondary N) is 1. The van der Waals surface area contributed by atoms with Crippen LogP contribution < -0.4 is 15.5 Å². The molecule has 0 bridgehead atoms. The molecule has 4 rings (SSSR count). The first kappa shape index (κ1) is 23.5. The molecule has 2 heterocycles. The minimum absolute atomic E-state index is 0.00583. The van der Waals surface area contributed by atoms with Gasteiger partial charge in [-0.25, -0.2) is 0 Å². The van der Waals surface area contributed by atoms with E-state index in [1.54, 1.807) is 0 Å². The highest BCUT2D eigenvalue weighted by Crippen LogP contribution is 2.32. The van der Waals surface area contributed by atoms with Crippen molar-refractivity contribution in [2.24, 2.45) is 0 Å². The van der Waals surface area contributed by atoms with Gasteiger partial charge in [0, 0.05) is 19.1 Å². The highest BCUT2D eigenvalue weighted by atomic mass is 16.7. The van der Waals surface area contributed by atoms with Crippen LogP contribution >= 0.6 is 0 Å². The SMILES string of the molecule is CC(=O)N[C@H]1[C@H](Oc2cc(O)c3c(=O)c(-c4ccc(O)cc4)coc3c2)O[C@H](CO)[C@@H](O)[C@@H]1O. The third kappa shape index (κ3) is 4.41. The summed E-state index contributed by atoms with van der Waals surface area (Å²) in [6, 6.07) is 7.14. The van der Waals surface area contributed by atoms with Gasteiger partial charge >= 0.3 is 0 Å². The van der Waals surface area contributed by atoms with Gasteiger partial charge in [-0.3, -0.25) is 9.59 Å². The van der Waals surface area contributed by atoms with Gasteiger partial charge in [0.2, 0.25) is 17.6 Å². The minimum atomic E-state index is -1.51. The first-order valence-corrected chi connectivity index (χ1v) is 10.3. The molecule has 1 fully saturated rings. The molecule has 2 aromatic carbocycles. The zero-order valence-corrected chi connectivity index (χ0v) is 17.9. The molecule has 3 aromatic rings. The highest BCUT2D eigenvalue weighted by molar-refractivity contribution is 5.88. The first-order chi connectivity index (χ1) is 16.2. The number of aliphatic hydroxyl groups is 3. The largest absolute Gasteiger partial charge is 0.508 e. The molecule has 34 heavy (non-hydrogen) atoms. The minimum Gasteiger partial charge on any atom is -0.508 e. The lowest BCUT2D eigenvalue weighted by molar-refractivity contribution is -0.244. The zero-order valence-electron chi connectivity index (χ0n) is 17.9. The van der Waals surface area contributed by atoms with Gasteiger partial charge in [0.25, 0.3) is 0 Å². The number of aromatic hydroxyl groups is 2. The van der Waals surface area contributed by atoms with E-state index in [4.69, 9.17) is 13.9 Å². The molecular formula is C23H23NO10. The van der Waals surface area contributed by atoms with E-state index in [0.717, 1.165) is 6.07 Å². The molecule has 1 saturated heterocycles. The van der Waals surface area contributed by atoms with E-state index in [0.29, 0.717) is 5.56 Å². The predicted molar refractivity (Wildman–Crippen MR) is 117 cm³/mol. The summed E-state index contributed by atoms with van der Waals surface area (Å²) in [5.41, 5.74) is 0.124. The third-order valence-corrected chi connectivity index (χ3v) is 5.51. The molecule has 0 aliphatic carbocycles. The molecule has 1 amide bonds. The van der Waals surface area contributed by atoms with Crippen LogP contribution in [0.25, 0.3) is 22.1 Å². The van der Waals surface area contributed by atoms with Gasteiger partial charge in [-0.1, -0.05) is 12.1 Å². The van der Waals surface area contributed by atoms with Crippen LogP contribution in [-0.2, 0) is 9.53 Å². The molecule has 1 aliphatic heterocycles. The molecule has 180 valence electrons. The van der Waals surface area contributed by atoms with Gasteiger partial charge in [0.1, 0.15) is 58.8 Å². The average Bonchev–Trinajstić information content (AvgIpc) is 2.79. The average molecular weight is 473 g/mol. The quantitative estimate of drug-likeness (QED) is 0.300. The zero-order chi connectivity index (χ0) is 24.6. The van der Waals surface area contributed by atoms with E-state index in [2.05, 4.69) is 5.32 Å². The van der Waals surface area contributed by atoms with Crippen LogP contribution in [0.1, 0.15) is 6.92 Å². The van der Waals surface area contributed by atoms with Crippen LogP contribution in [0.15, 0.2) is 51.9 Å². The van der Waals surface area contributed by atoms with E-state index in [-0.39, 0.29) is 28.0 Å². The topological polar surface area (TPSA) is 179 Å². The summed E-state index contributed by atoms with van der Waals surface area (Å²) in [4.78, 5) is 24.6. The Kier molecular flexibility index (Phi) is 6.44. The van der Waals surface area contributed by atoms with Crippen molar-refractivity contribution in [3.8, 4) is 28.4 Å². The maximum Gasteiger partial charge on any atom is 0.223 e. The number of phenolic OH excluding ortho intramolecular Hbond substituents is 2. The summed E-state index contributed by atoms with van der Waals surface area (Å²) in [6.07, 6.45) is -4.33. The molecule has 1 aromatic heterocycles. The van der Waals surface area contributed by atoms with E-state index in [1.807, 2.05) is 0 Å². The predicted octanol–water partition coefficient (Wildman–Crippen LogP) is 0.194. The first-order valence-electron chi connectivity index (χ1n) is 10.3. The van der Waals surface area contributed by atoms with Crippen molar-refractivity contribution in [3.63, 3.8) is 0 Å². The number of aliphatic hydroxyl groups excluding tert-OH is 3. The van der Waals surface area contributed by atoms with Crippen molar-refractivity contribution in [1.82, 2.24) is 5.32 Å². The number of carbonyl (C=O) groups excluding carboxylic acids is 1. The molecule has 11 nitrogen and oxygen atoms in total. The lowest BCUT2D eigenvalue weighted by Crippen LogP contribution is -2.65. The molecule has 11 heteroatoms.